The van der Waals surface area contributed by atoms with Gasteiger partial charge in [-0.05, 0) is 30.9 Å². The zero-order chi connectivity index (χ0) is 14.8. The van der Waals surface area contributed by atoms with E-state index in [-0.39, 0.29) is 5.56 Å². The van der Waals surface area contributed by atoms with Crippen molar-refractivity contribution in [3.05, 3.63) is 35.4 Å². The van der Waals surface area contributed by atoms with Gasteiger partial charge < -0.3 is 5.32 Å². The Morgan fingerprint density at radius 1 is 1.40 bits per heavy atom. The molecular weight excluding hydrogens is 284 g/mol. The summed E-state index contributed by atoms with van der Waals surface area (Å²) in [7, 11) is 0. The molecule has 2 nitrogen and oxygen atoms in total. The Kier molecular flexibility index (Phi) is 4.63. The molecule has 0 heterocycles. The Morgan fingerprint density at radius 3 is 2.60 bits per heavy atom. The van der Waals surface area contributed by atoms with Crippen LogP contribution in [0.4, 0.5) is 8.78 Å². The summed E-state index contributed by atoms with van der Waals surface area (Å²) in [6, 6.07) is 2.82. The lowest BCUT2D eigenvalue weighted by molar-refractivity contribution is 0.0866. The molecule has 0 saturated heterocycles. The Morgan fingerprint density at radius 2 is 2.05 bits per heavy atom. The second-order valence-electron chi connectivity index (χ2n) is 5.73. The van der Waals surface area contributed by atoms with Crippen molar-refractivity contribution < 1.29 is 13.6 Å². The molecular formula is C15H18ClF2NO. The van der Waals surface area contributed by atoms with Crippen molar-refractivity contribution in [3.63, 3.8) is 0 Å². The molecule has 1 aromatic rings. The molecule has 1 N–H and O–H groups in total. The maximum atomic E-state index is 13.2. The van der Waals surface area contributed by atoms with Gasteiger partial charge in [0.15, 0.2) is 0 Å². The van der Waals surface area contributed by atoms with Gasteiger partial charge >= 0.3 is 0 Å². The fourth-order valence-electron chi connectivity index (χ4n) is 2.93. The molecule has 1 aromatic carbocycles. The van der Waals surface area contributed by atoms with Gasteiger partial charge in [-0.1, -0.05) is 19.8 Å². The second-order valence-corrected chi connectivity index (χ2v) is 5.99. The molecule has 0 spiro atoms. The lowest BCUT2D eigenvalue weighted by Crippen LogP contribution is -2.52. The zero-order valence-electron chi connectivity index (χ0n) is 11.4. The molecule has 0 bridgehead atoms. The first-order valence-corrected chi connectivity index (χ1v) is 7.32. The van der Waals surface area contributed by atoms with Crippen LogP contribution in [-0.2, 0) is 0 Å². The molecule has 0 radical (unpaired) electrons. The van der Waals surface area contributed by atoms with E-state index < -0.39 is 23.1 Å². The first-order chi connectivity index (χ1) is 9.44. The number of carbonyl (C=O) groups excluding carboxylic acids is 1. The summed E-state index contributed by atoms with van der Waals surface area (Å²) in [4.78, 5) is 12.2. The third-order valence-corrected chi connectivity index (χ3v) is 4.36. The van der Waals surface area contributed by atoms with Crippen LogP contribution < -0.4 is 5.32 Å². The average Bonchev–Trinajstić information content (AvgIpc) is 2.37. The quantitative estimate of drug-likeness (QED) is 0.843. The lowest BCUT2D eigenvalue weighted by atomic mass is 9.77. The highest BCUT2D eigenvalue weighted by molar-refractivity contribution is 6.19. The highest BCUT2D eigenvalue weighted by Crippen LogP contribution is 2.33. The van der Waals surface area contributed by atoms with E-state index in [4.69, 9.17) is 11.6 Å². The monoisotopic (exact) mass is 301 g/mol. The van der Waals surface area contributed by atoms with Gasteiger partial charge in [0.1, 0.15) is 11.6 Å². The minimum Gasteiger partial charge on any atom is -0.345 e. The maximum Gasteiger partial charge on any atom is 0.251 e. The van der Waals surface area contributed by atoms with Crippen LogP contribution in [0.5, 0.6) is 0 Å². The SMILES string of the molecule is CC1CCCC(CCl)(NC(=O)c2cc(F)cc(F)c2)C1. The molecule has 5 heteroatoms. The van der Waals surface area contributed by atoms with Crippen molar-refractivity contribution in [1.29, 1.82) is 0 Å². The van der Waals surface area contributed by atoms with Gasteiger partial charge in [0.2, 0.25) is 0 Å². The van der Waals surface area contributed by atoms with E-state index >= 15 is 0 Å². The van der Waals surface area contributed by atoms with E-state index in [2.05, 4.69) is 12.2 Å². The van der Waals surface area contributed by atoms with Crippen molar-refractivity contribution >= 4 is 17.5 Å². The van der Waals surface area contributed by atoms with Crippen molar-refractivity contribution in [2.24, 2.45) is 5.92 Å². The van der Waals surface area contributed by atoms with Gasteiger partial charge in [-0.2, -0.15) is 0 Å². The van der Waals surface area contributed by atoms with E-state index in [0.717, 1.165) is 43.9 Å². The highest BCUT2D eigenvalue weighted by atomic mass is 35.5. The molecule has 20 heavy (non-hydrogen) atoms. The lowest BCUT2D eigenvalue weighted by Gasteiger charge is -2.39. The molecule has 1 amide bonds. The van der Waals surface area contributed by atoms with Crippen LogP contribution in [0.3, 0.4) is 0 Å². The Bertz CT molecular complexity index is 488. The minimum atomic E-state index is -0.757. The van der Waals surface area contributed by atoms with Gasteiger partial charge in [0.25, 0.3) is 5.91 Å². The number of nitrogens with one attached hydrogen (secondary N) is 1. The van der Waals surface area contributed by atoms with Gasteiger partial charge in [-0.25, -0.2) is 8.78 Å². The summed E-state index contributed by atoms with van der Waals surface area (Å²) < 4.78 is 26.3. The smallest absolute Gasteiger partial charge is 0.251 e. The topological polar surface area (TPSA) is 29.1 Å². The van der Waals surface area contributed by atoms with Crippen molar-refractivity contribution in [2.75, 3.05) is 5.88 Å². The molecule has 2 rings (SSSR count). The number of hydrogen-bond donors (Lipinski definition) is 1. The maximum absolute atomic E-state index is 13.2. The van der Waals surface area contributed by atoms with Gasteiger partial charge in [0, 0.05) is 17.5 Å². The largest absolute Gasteiger partial charge is 0.345 e. The number of rotatable bonds is 3. The second kappa shape index (κ2) is 6.08. The molecule has 1 aliphatic carbocycles. The normalized spacial score (nSPS) is 26.3. The number of carbonyl (C=O) groups is 1. The number of alkyl halides is 1. The Balaban J connectivity index is 2.16. The third kappa shape index (κ3) is 3.48. The van der Waals surface area contributed by atoms with E-state index in [0.29, 0.717) is 11.8 Å². The van der Waals surface area contributed by atoms with Gasteiger partial charge in [-0.3, -0.25) is 4.79 Å². The van der Waals surface area contributed by atoms with Crippen LogP contribution in [0.25, 0.3) is 0 Å². The van der Waals surface area contributed by atoms with Crippen LogP contribution in [0.2, 0.25) is 0 Å². The highest BCUT2D eigenvalue weighted by Gasteiger charge is 2.35. The van der Waals surface area contributed by atoms with Crippen molar-refractivity contribution in [2.45, 2.75) is 38.1 Å². The van der Waals surface area contributed by atoms with Crippen LogP contribution in [0.15, 0.2) is 18.2 Å². The van der Waals surface area contributed by atoms with Crippen LogP contribution >= 0.6 is 11.6 Å². The first kappa shape index (κ1) is 15.2. The third-order valence-electron chi connectivity index (χ3n) is 3.85. The number of hydrogen-bond acceptors (Lipinski definition) is 1. The molecule has 110 valence electrons. The predicted molar refractivity (Wildman–Crippen MR) is 74.9 cm³/mol. The zero-order valence-corrected chi connectivity index (χ0v) is 12.1. The van der Waals surface area contributed by atoms with Crippen LogP contribution in [-0.4, -0.2) is 17.3 Å². The van der Waals surface area contributed by atoms with E-state index in [9.17, 15) is 13.6 Å². The minimum absolute atomic E-state index is 0.00906. The molecule has 1 fully saturated rings. The summed E-state index contributed by atoms with van der Waals surface area (Å²) in [5, 5.41) is 2.88. The summed E-state index contributed by atoms with van der Waals surface area (Å²) in [6.07, 6.45) is 3.69. The van der Waals surface area contributed by atoms with E-state index in [1.54, 1.807) is 0 Å². The fraction of sp³-hybridized carbons (Fsp3) is 0.533. The fourth-order valence-corrected chi connectivity index (χ4v) is 3.24. The molecule has 2 unspecified atom stereocenters. The van der Waals surface area contributed by atoms with Gasteiger partial charge in [0.05, 0.1) is 5.54 Å². The molecule has 1 saturated carbocycles. The molecule has 1 aliphatic rings. The number of amides is 1. The van der Waals surface area contributed by atoms with E-state index in [1.165, 1.54) is 0 Å². The summed E-state index contributed by atoms with van der Waals surface area (Å²) in [6.45, 7) is 2.12. The number of benzene rings is 1. The molecule has 0 aromatic heterocycles. The summed E-state index contributed by atoms with van der Waals surface area (Å²) in [5.41, 5.74) is -0.482. The first-order valence-electron chi connectivity index (χ1n) is 6.79. The van der Waals surface area contributed by atoms with Crippen molar-refractivity contribution in [1.82, 2.24) is 5.32 Å². The standard InChI is InChI=1S/C15H18ClF2NO/c1-10-3-2-4-15(8-10,9-16)19-14(20)11-5-12(17)7-13(18)6-11/h5-7,10H,2-4,8-9H2,1H3,(H,19,20). The molecule has 2 atom stereocenters. The van der Waals surface area contributed by atoms with Crippen molar-refractivity contribution in [3.8, 4) is 0 Å². The van der Waals surface area contributed by atoms with Gasteiger partial charge in [-0.15, -0.1) is 11.6 Å². The Hall–Kier alpha value is -1.16. The Labute approximate surface area is 122 Å². The van der Waals surface area contributed by atoms with Crippen LogP contribution in [0.1, 0.15) is 43.0 Å². The summed E-state index contributed by atoms with van der Waals surface area (Å²) in [5.74, 6) is -1.20. The van der Waals surface area contributed by atoms with E-state index in [1.807, 2.05) is 0 Å². The number of halogens is 3. The molecule has 0 aliphatic heterocycles. The predicted octanol–water partition coefficient (Wildman–Crippen LogP) is 3.88. The summed E-state index contributed by atoms with van der Waals surface area (Å²) >= 11 is 6.03. The average molecular weight is 302 g/mol. The van der Waals surface area contributed by atoms with Crippen LogP contribution in [0, 0.1) is 17.6 Å².